The Kier molecular flexibility index (Phi) is 3.48. The van der Waals surface area contributed by atoms with Gasteiger partial charge in [-0.05, 0) is 6.07 Å². The smallest absolute Gasteiger partial charge is 0.150 e. The lowest BCUT2D eigenvalue weighted by Crippen LogP contribution is -2.03. The average molecular weight is 279 g/mol. The van der Waals surface area contributed by atoms with Crippen LogP contribution in [0.5, 0.6) is 0 Å². The first kappa shape index (κ1) is 11.4. The van der Waals surface area contributed by atoms with Gasteiger partial charge in [0.05, 0.1) is 16.6 Å². The fourth-order valence-corrected chi connectivity index (χ4v) is 1.62. The van der Waals surface area contributed by atoms with Crippen molar-refractivity contribution >= 4 is 40.6 Å². The summed E-state index contributed by atoms with van der Waals surface area (Å²) in [7, 11) is 0. The molecular formula is C8H6Cl3N5. The first-order chi connectivity index (χ1) is 7.66. The molecule has 0 radical (unpaired) electrons. The summed E-state index contributed by atoms with van der Waals surface area (Å²) in [6.45, 7) is 0.421. The molecule has 8 heteroatoms. The summed E-state index contributed by atoms with van der Waals surface area (Å²) in [5.41, 5.74) is 0. The summed E-state index contributed by atoms with van der Waals surface area (Å²) in [5.74, 6) is 1.12. The van der Waals surface area contributed by atoms with E-state index in [1.807, 2.05) is 0 Å². The van der Waals surface area contributed by atoms with Crippen molar-refractivity contribution in [2.24, 2.45) is 0 Å². The highest BCUT2D eigenvalue weighted by molar-refractivity contribution is 6.42. The number of aromatic amines is 1. The molecule has 0 bridgehead atoms. The number of halogens is 3. The van der Waals surface area contributed by atoms with Crippen LogP contribution in [0.25, 0.3) is 0 Å². The van der Waals surface area contributed by atoms with E-state index in [-0.39, 0.29) is 5.15 Å². The molecule has 0 fully saturated rings. The van der Waals surface area contributed by atoms with E-state index >= 15 is 0 Å². The van der Waals surface area contributed by atoms with Crippen LogP contribution in [0.3, 0.4) is 0 Å². The second-order valence-corrected chi connectivity index (χ2v) is 4.05. The Morgan fingerprint density at radius 2 is 2.06 bits per heavy atom. The second kappa shape index (κ2) is 4.86. The summed E-state index contributed by atoms with van der Waals surface area (Å²) in [6.07, 6.45) is 1.42. The number of hydrogen-bond donors (Lipinski definition) is 2. The quantitative estimate of drug-likeness (QED) is 0.847. The maximum atomic E-state index is 5.93. The van der Waals surface area contributed by atoms with Crippen molar-refractivity contribution in [3.63, 3.8) is 0 Å². The van der Waals surface area contributed by atoms with Crippen LogP contribution in [0.4, 0.5) is 5.82 Å². The zero-order chi connectivity index (χ0) is 11.5. The summed E-state index contributed by atoms with van der Waals surface area (Å²) in [4.78, 5) is 7.94. The maximum absolute atomic E-state index is 5.93. The molecule has 2 rings (SSSR count). The molecule has 0 aromatic carbocycles. The number of H-pyrrole nitrogens is 1. The van der Waals surface area contributed by atoms with E-state index in [1.54, 1.807) is 0 Å². The van der Waals surface area contributed by atoms with Gasteiger partial charge in [0.15, 0.2) is 0 Å². The first-order valence-electron chi connectivity index (χ1n) is 4.26. The lowest BCUT2D eigenvalue weighted by molar-refractivity contribution is 0.948. The largest absolute Gasteiger partial charge is 0.362 e. The van der Waals surface area contributed by atoms with Gasteiger partial charge in [-0.15, -0.1) is 0 Å². The predicted octanol–water partition coefficient (Wildman–Crippen LogP) is 2.77. The molecule has 0 spiro atoms. The van der Waals surface area contributed by atoms with E-state index in [1.165, 1.54) is 12.4 Å². The number of rotatable bonds is 3. The van der Waals surface area contributed by atoms with Crippen molar-refractivity contribution in [2.45, 2.75) is 6.54 Å². The van der Waals surface area contributed by atoms with Crippen molar-refractivity contribution in [3.8, 4) is 0 Å². The fraction of sp³-hybridized carbons (Fsp3) is 0.125. The number of anilines is 1. The molecule has 2 heterocycles. The molecule has 0 amide bonds. The van der Waals surface area contributed by atoms with Gasteiger partial charge in [-0.1, -0.05) is 34.8 Å². The number of aromatic nitrogens is 4. The lowest BCUT2D eigenvalue weighted by atomic mass is 10.4. The third-order valence-corrected chi connectivity index (χ3v) is 2.74. The van der Waals surface area contributed by atoms with Crippen molar-refractivity contribution in [1.82, 2.24) is 20.2 Å². The normalized spacial score (nSPS) is 10.4. The molecule has 5 nitrogen and oxygen atoms in total. The molecule has 0 aliphatic heterocycles. The van der Waals surface area contributed by atoms with Crippen molar-refractivity contribution in [3.05, 3.63) is 33.4 Å². The zero-order valence-electron chi connectivity index (χ0n) is 7.84. The summed E-state index contributed by atoms with van der Waals surface area (Å²) in [6, 6.07) is 1.53. The minimum absolute atomic E-state index is 0.200. The van der Waals surface area contributed by atoms with E-state index in [0.29, 0.717) is 28.2 Å². The van der Waals surface area contributed by atoms with Crippen LogP contribution in [0.15, 0.2) is 12.4 Å². The molecule has 0 unspecified atom stereocenters. The molecular weight excluding hydrogens is 272 g/mol. The highest BCUT2D eigenvalue weighted by atomic mass is 35.5. The van der Waals surface area contributed by atoms with Crippen LogP contribution in [0.1, 0.15) is 5.82 Å². The second-order valence-electron chi connectivity index (χ2n) is 2.88. The maximum Gasteiger partial charge on any atom is 0.150 e. The standard InChI is InChI=1S/C8H6Cl3N5/c9-4-1-5(10)8(15-7(4)11)12-2-6-13-3-14-16-6/h1,3H,2H2,(H,12,15)(H,13,14,16). The van der Waals surface area contributed by atoms with Crippen LogP contribution >= 0.6 is 34.8 Å². The summed E-state index contributed by atoms with van der Waals surface area (Å²) < 4.78 is 0. The SMILES string of the molecule is Clc1cc(Cl)c(NCc2ncn[nH]2)nc1Cl. The van der Waals surface area contributed by atoms with Crippen LogP contribution < -0.4 is 5.32 Å². The van der Waals surface area contributed by atoms with Gasteiger partial charge in [0.1, 0.15) is 23.1 Å². The number of nitrogens with one attached hydrogen (secondary N) is 2. The van der Waals surface area contributed by atoms with Gasteiger partial charge < -0.3 is 5.32 Å². The van der Waals surface area contributed by atoms with Gasteiger partial charge in [-0.25, -0.2) is 9.97 Å². The lowest BCUT2D eigenvalue weighted by Gasteiger charge is -2.06. The third kappa shape index (κ3) is 2.55. The molecule has 16 heavy (non-hydrogen) atoms. The van der Waals surface area contributed by atoms with Gasteiger partial charge in [0.25, 0.3) is 0 Å². The van der Waals surface area contributed by atoms with Gasteiger partial charge >= 0.3 is 0 Å². The molecule has 0 aliphatic rings. The Morgan fingerprint density at radius 1 is 1.25 bits per heavy atom. The van der Waals surface area contributed by atoms with Crippen molar-refractivity contribution < 1.29 is 0 Å². The van der Waals surface area contributed by atoms with Crippen LogP contribution in [0, 0.1) is 0 Å². The van der Waals surface area contributed by atoms with E-state index in [4.69, 9.17) is 34.8 Å². The molecule has 84 valence electrons. The molecule has 2 aromatic rings. The summed E-state index contributed by atoms with van der Waals surface area (Å²) >= 11 is 17.4. The molecule has 0 aliphatic carbocycles. The van der Waals surface area contributed by atoms with E-state index in [2.05, 4.69) is 25.5 Å². The number of pyridine rings is 1. The first-order valence-corrected chi connectivity index (χ1v) is 5.40. The third-order valence-electron chi connectivity index (χ3n) is 1.77. The number of hydrogen-bond acceptors (Lipinski definition) is 4. The Balaban J connectivity index is 2.12. The van der Waals surface area contributed by atoms with Gasteiger partial charge in [0, 0.05) is 0 Å². The van der Waals surface area contributed by atoms with Gasteiger partial charge in [-0.2, -0.15) is 5.10 Å². The molecule has 0 saturated heterocycles. The summed E-state index contributed by atoms with van der Waals surface area (Å²) in [5, 5.41) is 10.3. The minimum atomic E-state index is 0.200. The van der Waals surface area contributed by atoms with Gasteiger partial charge in [-0.3, -0.25) is 5.10 Å². The highest BCUT2D eigenvalue weighted by Crippen LogP contribution is 2.28. The Bertz CT molecular complexity index is 485. The van der Waals surface area contributed by atoms with Crippen molar-refractivity contribution in [2.75, 3.05) is 5.32 Å². The predicted molar refractivity (Wildman–Crippen MR) is 63.0 cm³/mol. The number of nitrogens with zero attached hydrogens (tertiary/aromatic N) is 3. The molecule has 0 saturated carbocycles. The van der Waals surface area contributed by atoms with E-state index in [9.17, 15) is 0 Å². The molecule has 2 N–H and O–H groups in total. The van der Waals surface area contributed by atoms with E-state index in [0.717, 1.165) is 0 Å². The molecule has 0 atom stereocenters. The Morgan fingerprint density at radius 3 is 2.75 bits per heavy atom. The van der Waals surface area contributed by atoms with Crippen molar-refractivity contribution in [1.29, 1.82) is 0 Å². The highest BCUT2D eigenvalue weighted by Gasteiger charge is 2.07. The van der Waals surface area contributed by atoms with Crippen LogP contribution in [-0.4, -0.2) is 20.2 Å². The Hall–Kier alpha value is -1.04. The van der Waals surface area contributed by atoms with Gasteiger partial charge in [0.2, 0.25) is 0 Å². The minimum Gasteiger partial charge on any atom is -0.362 e. The zero-order valence-corrected chi connectivity index (χ0v) is 10.1. The van der Waals surface area contributed by atoms with Crippen LogP contribution in [0.2, 0.25) is 15.2 Å². The van der Waals surface area contributed by atoms with Crippen LogP contribution in [-0.2, 0) is 6.54 Å². The monoisotopic (exact) mass is 277 g/mol. The average Bonchev–Trinajstić information content (AvgIpc) is 2.74. The fourth-order valence-electron chi connectivity index (χ4n) is 1.05. The Labute approximate surface area is 106 Å². The van der Waals surface area contributed by atoms with E-state index < -0.39 is 0 Å². The topological polar surface area (TPSA) is 66.5 Å². The molecule has 2 aromatic heterocycles.